The predicted octanol–water partition coefficient (Wildman–Crippen LogP) is 0.812. The molecule has 1 aliphatic rings. The molecule has 0 heterocycles. The molecule has 1 rings (SSSR count). The van der Waals surface area contributed by atoms with Gasteiger partial charge in [-0.05, 0) is 12.8 Å². The second-order valence-electron chi connectivity index (χ2n) is 4.72. The summed E-state index contributed by atoms with van der Waals surface area (Å²) in [4.78, 5) is 11.6. The molecule has 84 valence electrons. The van der Waals surface area contributed by atoms with E-state index < -0.39 is 5.92 Å². The largest absolute Gasteiger partial charge is 0.392 e. The number of aliphatic hydroxyl groups excluding tert-OH is 1. The van der Waals surface area contributed by atoms with Gasteiger partial charge in [-0.1, -0.05) is 20.8 Å². The lowest BCUT2D eigenvalue weighted by Crippen LogP contribution is -2.61. The van der Waals surface area contributed by atoms with E-state index in [9.17, 15) is 9.90 Å². The third kappa shape index (κ3) is 2.13. The van der Waals surface area contributed by atoms with Gasteiger partial charge in [0, 0.05) is 11.5 Å². The molecule has 3 unspecified atom stereocenters. The predicted molar refractivity (Wildman–Crippen MR) is 55.7 cm³/mol. The Balaban J connectivity index is 2.51. The minimum Gasteiger partial charge on any atom is -0.392 e. The smallest absolute Gasteiger partial charge is 0.237 e. The first kappa shape index (κ1) is 12.0. The van der Waals surface area contributed by atoms with Gasteiger partial charge in [-0.3, -0.25) is 4.79 Å². The van der Waals surface area contributed by atoms with Crippen LogP contribution < -0.4 is 5.32 Å². The molecule has 4 heteroatoms. The van der Waals surface area contributed by atoms with Crippen molar-refractivity contribution in [2.24, 2.45) is 11.3 Å². The highest BCUT2D eigenvalue weighted by atomic mass is 16.3. The number of carbonyl (C=O) groups excluding carboxylic acids is 1. The third-order valence-electron chi connectivity index (χ3n) is 3.41. The molecule has 0 bridgehead atoms. The molecule has 1 aliphatic carbocycles. The lowest BCUT2D eigenvalue weighted by atomic mass is 9.64. The SMILES string of the molecule is CCC(C#N)C(=O)NC1CC(O)C1(C)C. The summed E-state index contributed by atoms with van der Waals surface area (Å²) < 4.78 is 0. The van der Waals surface area contributed by atoms with Crippen LogP contribution in [0, 0.1) is 22.7 Å². The number of nitrogens with zero attached hydrogens (tertiary/aromatic N) is 1. The topological polar surface area (TPSA) is 73.1 Å². The summed E-state index contributed by atoms with van der Waals surface area (Å²) >= 11 is 0. The second kappa shape index (κ2) is 4.19. The first-order chi connectivity index (χ1) is 6.93. The van der Waals surface area contributed by atoms with Crippen molar-refractivity contribution in [1.82, 2.24) is 5.32 Å². The van der Waals surface area contributed by atoms with Crippen LogP contribution in [0.15, 0.2) is 0 Å². The van der Waals surface area contributed by atoms with Gasteiger partial charge in [0.1, 0.15) is 5.92 Å². The Labute approximate surface area is 90.3 Å². The van der Waals surface area contributed by atoms with Crippen LogP contribution in [-0.2, 0) is 4.79 Å². The van der Waals surface area contributed by atoms with Gasteiger partial charge in [-0.25, -0.2) is 0 Å². The minimum atomic E-state index is -0.571. The van der Waals surface area contributed by atoms with Gasteiger partial charge < -0.3 is 10.4 Å². The fraction of sp³-hybridized carbons (Fsp3) is 0.818. The molecule has 0 aromatic carbocycles. The van der Waals surface area contributed by atoms with Crippen LogP contribution in [0.4, 0.5) is 0 Å². The fourth-order valence-corrected chi connectivity index (χ4v) is 1.76. The summed E-state index contributed by atoms with van der Waals surface area (Å²) in [6.07, 6.45) is 0.753. The molecule has 15 heavy (non-hydrogen) atoms. The van der Waals surface area contributed by atoms with E-state index in [1.54, 1.807) is 0 Å². The Bertz CT molecular complexity index is 293. The van der Waals surface area contributed by atoms with E-state index in [0.717, 1.165) is 0 Å². The number of rotatable bonds is 3. The van der Waals surface area contributed by atoms with Crippen LogP contribution in [0.25, 0.3) is 0 Å². The first-order valence-electron chi connectivity index (χ1n) is 5.31. The Morgan fingerprint density at radius 1 is 1.73 bits per heavy atom. The Morgan fingerprint density at radius 3 is 2.67 bits per heavy atom. The van der Waals surface area contributed by atoms with E-state index in [1.165, 1.54) is 0 Å². The molecule has 0 saturated heterocycles. The van der Waals surface area contributed by atoms with Crippen molar-refractivity contribution in [3.8, 4) is 6.07 Å². The molecule has 1 saturated carbocycles. The molecule has 1 amide bonds. The zero-order valence-electron chi connectivity index (χ0n) is 9.45. The van der Waals surface area contributed by atoms with E-state index in [1.807, 2.05) is 26.8 Å². The Morgan fingerprint density at radius 2 is 2.33 bits per heavy atom. The number of hydrogen-bond acceptors (Lipinski definition) is 3. The molecule has 1 fully saturated rings. The molecular formula is C11H18N2O2. The van der Waals surface area contributed by atoms with Gasteiger partial charge in [-0.2, -0.15) is 5.26 Å². The van der Waals surface area contributed by atoms with Gasteiger partial charge in [-0.15, -0.1) is 0 Å². The lowest BCUT2D eigenvalue weighted by molar-refractivity contribution is -0.131. The van der Waals surface area contributed by atoms with Crippen LogP contribution >= 0.6 is 0 Å². The van der Waals surface area contributed by atoms with Crippen molar-refractivity contribution >= 4 is 5.91 Å². The quantitative estimate of drug-likeness (QED) is 0.724. The zero-order valence-corrected chi connectivity index (χ0v) is 9.45. The number of hydrogen-bond donors (Lipinski definition) is 2. The Hall–Kier alpha value is -1.08. The number of nitriles is 1. The second-order valence-corrected chi connectivity index (χ2v) is 4.72. The van der Waals surface area contributed by atoms with Crippen LogP contribution in [0.1, 0.15) is 33.6 Å². The maximum atomic E-state index is 11.6. The van der Waals surface area contributed by atoms with E-state index >= 15 is 0 Å². The minimum absolute atomic E-state index is 0.0117. The van der Waals surface area contributed by atoms with E-state index in [4.69, 9.17) is 5.26 Å². The molecule has 3 atom stereocenters. The summed E-state index contributed by atoms with van der Waals surface area (Å²) in [7, 11) is 0. The average Bonchev–Trinajstić information content (AvgIpc) is 2.19. The first-order valence-corrected chi connectivity index (χ1v) is 5.31. The van der Waals surface area contributed by atoms with Crippen LogP contribution in [0.5, 0.6) is 0 Å². The lowest BCUT2D eigenvalue weighted by Gasteiger charge is -2.49. The molecule has 0 aromatic heterocycles. The highest BCUT2D eigenvalue weighted by molar-refractivity contribution is 5.81. The van der Waals surface area contributed by atoms with E-state index in [2.05, 4.69) is 5.32 Å². The summed E-state index contributed by atoms with van der Waals surface area (Å²) in [5.41, 5.74) is -0.274. The number of carbonyl (C=O) groups is 1. The molecule has 0 spiro atoms. The van der Waals surface area contributed by atoms with Gasteiger partial charge in [0.15, 0.2) is 0 Å². The zero-order chi connectivity index (χ0) is 11.6. The molecule has 0 aliphatic heterocycles. The summed E-state index contributed by atoms with van der Waals surface area (Å²) in [6, 6.07) is 1.96. The van der Waals surface area contributed by atoms with Crippen molar-refractivity contribution in [2.75, 3.05) is 0 Å². The van der Waals surface area contributed by atoms with Crippen molar-refractivity contribution in [3.63, 3.8) is 0 Å². The molecule has 0 radical (unpaired) electrons. The maximum Gasteiger partial charge on any atom is 0.237 e. The van der Waals surface area contributed by atoms with Gasteiger partial charge in [0.05, 0.1) is 12.2 Å². The molecule has 4 nitrogen and oxygen atoms in total. The summed E-state index contributed by atoms with van der Waals surface area (Å²) in [5, 5.41) is 21.0. The number of nitrogens with one attached hydrogen (secondary N) is 1. The Kier molecular flexibility index (Phi) is 3.35. The third-order valence-corrected chi connectivity index (χ3v) is 3.41. The standard InChI is InChI=1S/C11H18N2O2/c1-4-7(6-12)10(15)13-8-5-9(14)11(8,2)3/h7-9,14H,4-5H2,1-3H3,(H,13,15). The summed E-state index contributed by atoms with van der Waals surface area (Å²) in [5.74, 6) is -0.788. The van der Waals surface area contributed by atoms with Crippen molar-refractivity contribution in [3.05, 3.63) is 0 Å². The van der Waals surface area contributed by atoms with Gasteiger partial charge >= 0.3 is 0 Å². The highest BCUT2D eigenvalue weighted by Gasteiger charge is 2.48. The van der Waals surface area contributed by atoms with Gasteiger partial charge in [0.2, 0.25) is 5.91 Å². The fourth-order valence-electron chi connectivity index (χ4n) is 1.76. The average molecular weight is 210 g/mol. The van der Waals surface area contributed by atoms with Gasteiger partial charge in [0.25, 0.3) is 0 Å². The summed E-state index contributed by atoms with van der Waals surface area (Å²) in [6.45, 7) is 5.65. The molecular weight excluding hydrogens is 192 g/mol. The maximum absolute atomic E-state index is 11.6. The van der Waals surface area contributed by atoms with Crippen molar-refractivity contribution < 1.29 is 9.90 Å². The van der Waals surface area contributed by atoms with E-state index in [-0.39, 0.29) is 23.5 Å². The number of amides is 1. The number of aliphatic hydroxyl groups is 1. The normalized spacial score (nSPS) is 29.8. The monoisotopic (exact) mass is 210 g/mol. The molecule has 0 aromatic rings. The van der Waals surface area contributed by atoms with Crippen LogP contribution in [-0.4, -0.2) is 23.2 Å². The highest BCUT2D eigenvalue weighted by Crippen LogP contribution is 2.40. The van der Waals surface area contributed by atoms with Crippen molar-refractivity contribution in [2.45, 2.75) is 45.8 Å². The van der Waals surface area contributed by atoms with Crippen LogP contribution in [0.3, 0.4) is 0 Å². The van der Waals surface area contributed by atoms with E-state index in [0.29, 0.717) is 12.8 Å². The van der Waals surface area contributed by atoms with Crippen LogP contribution in [0.2, 0.25) is 0 Å². The van der Waals surface area contributed by atoms with Crippen molar-refractivity contribution in [1.29, 1.82) is 5.26 Å². The molecule has 2 N–H and O–H groups in total.